The fourth-order valence-corrected chi connectivity index (χ4v) is 4.30. The van der Waals surface area contributed by atoms with Gasteiger partial charge in [0.15, 0.2) is 0 Å². The molecule has 0 aliphatic heterocycles. The fourth-order valence-electron chi connectivity index (χ4n) is 4.30. The molecule has 6 nitrogen and oxygen atoms in total. The third-order valence-electron chi connectivity index (χ3n) is 5.32. The molecule has 1 fully saturated rings. The molecule has 3 rings (SSSR count). The van der Waals surface area contributed by atoms with Crippen LogP contribution in [0.25, 0.3) is 0 Å². The van der Waals surface area contributed by atoms with Crippen LogP contribution in [0, 0.1) is 10.8 Å². The minimum Gasteiger partial charge on any atom is -0.347 e. The van der Waals surface area contributed by atoms with Crippen LogP contribution in [0.3, 0.4) is 0 Å². The molecule has 6 heteroatoms. The van der Waals surface area contributed by atoms with Crippen molar-refractivity contribution in [2.45, 2.75) is 39.8 Å². The zero-order chi connectivity index (χ0) is 18.9. The van der Waals surface area contributed by atoms with Crippen molar-refractivity contribution in [3.63, 3.8) is 0 Å². The van der Waals surface area contributed by atoms with Crippen molar-refractivity contribution in [2.24, 2.45) is 10.8 Å². The highest BCUT2D eigenvalue weighted by Crippen LogP contribution is 2.53. The topological polar surface area (TPSA) is 84.0 Å². The van der Waals surface area contributed by atoms with E-state index < -0.39 is 0 Å². The first-order valence-corrected chi connectivity index (χ1v) is 8.68. The molecule has 1 aliphatic carbocycles. The summed E-state index contributed by atoms with van der Waals surface area (Å²) < 4.78 is 0. The van der Waals surface area contributed by atoms with Crippen LogP contribution in [-0.2, 0) is 0 Å². The van der Waals surface area contributed by atoms with Gasteiger partial charge >= 0.3 is 0 Å². The maximum atomic E-state index is 12.5. The second kappa shape index (κ2) is 6.52. The van der Waals surface area contributed by atoms with Gasteiger partial charge in [0, 0.05) is 35.3 Å². The lowest BCUT2D eigenvalue weighted by Crippen LogP contribution is -2.77. The maximum Gasteiger partial charge on any atom is 0.270 e. The monoisotopic (exact) mass is 352 g/mol. The molecule has 2 aromatic heterocycles. The summed E-state index contributed by atoms with van der Waals surface area (Å²) in [6.45, 7) is 8.19. The van der Waals surface area contributed by atoms with Gasteiger partial charge in [0.2, 0.25) is 0 Å². The molecule has 0 spiro atoms. The van der Waals surface area contributed by atoms with Crippen LogP contribution in [0.5, 0.6) is 0 Å². The molecule has 0 atom stereocenters. The van der Waals surface area contributed by atoms with E-state index in [-0.39, 0.29) is 34.7 Å². The van der Waals surface area contributed by atoms with Gasteiger partial charge in [-0.1, -0.05) is 39.8 Å². The van der Waals surface area contributed by atoms with Crippen molar-refractivity contribution in [3.05, 3.63) is 60.2 Å². The number of rotatable bonds is 4. The number of amides is 2. The van der Waals surface area contributed by atoms with Crippen molar-refractivity contribution in [1.29, 1.82) is 0 Å². The second-order valence-corrected chi connectivity index (χ2v) is 7.89. The highest BCUT2D eigenvalue weighted by molar-refractivity contribution is 5.93. The van der Waals surface area contributed by atoms with Crippen LogP contribution in [0.1, 0.15) is 48.7 Å². The lowest BCUT2D eigenvalue weighted by Gasteiger charge is -2.64. The number of hydrogen-bond acceptors (Lipinski definition) is 4. The van der Waals surface area contributed by atoms with E-state index in [1.54, 1.807) is 48.8 Å². The average molecular weight is 352 g/mol. The normalized spacial score (nSPS) is 22.8. The summed E-state index contributed by atoms with van der Waals surface area (Å²) in [7, 11) is 0. The number of carbonyl (C=O) groups is 2. The van der Waals surface area contributed by atoms with Gasteiger partial charge in [0.05, 0.1) is 0 Å². The van der Waals surface area contributed by atoms with Crippen LogP contribution in [-0.4, -0.2) is 33.9 Å². The Balaban J connectivity index is 1.73. The van der Waals surface area contributed by atoms with Crippen LogP contribution in [0.4, 0.5) is 0 Å². The Labute approximate surface area is 153 Å². The Hall–Kier alpha value is -2.76. The Kier molecular flexibility index (Phi) is 4.52. The van der Waals surface area contributed by atoms with Gasteiger partial charge in [-0.2, -0.15) is 0 Å². The van der Waals surface area contributed by atoms with Crippen molar-refractivity contribution in [2.75, 3.05) is 0 Å². The standard InChI is InChI=1S/C20H24N4O2/c1-19(2)17(23-15(25)13-9-5-7-11-21-13)20(3,4)18(19)24-16(26)14-10-6-8-12-22-14/h5-12,17-18H,1-4H3,(H,23,25)(H,24,26). The number of hydrogen-bond donors (Lipinski definition) is 2. The summed E-state index contributed by atoms with van der Waals surface area (Å²) in [5.41, 5.74) is 0.164. The summed E-state index contributed by atoms with van der Waals surface area (Å²) in [5, 5.41) is 6.18. The molecule has 2 heterocycles. The molecule has 2 amide bonds. The van der Waals surface area contributed by atoms with Gasteiger partial charge in [0.1, 0.15) is 11.4 Å². The highest BCUT2D eigenvalue weighted by Gasteiger charge is 2.62. The SMILES string of the molecule is CC1(C)C(NC(=O)c2ccccn2)C(C)(C)C1NC(=O)c1ccccn1. The summed E-state index contributed by atoms with van der Waals surface area (Å²) in [6.07, 6.45) is 3.20. The first-order valence-electron chi connectivity index (χ1n) is 8.68. The Morgan fingerprint density at radius 2 is 1.15 bits per heavy atom. The van der Waals surface area contributed by atoms with Gasteiger partial charge in [-0.3, -0.25) is 19.6 Å². The minimum atomic E-state index is -0.307. The van der Waals surface area contributed by atoms with Crippen molar-refractivity contribution in [1.82, 2.24) is 20.6 Å². The smallest absolute Gasteiger partial charge is 0.270 e. The lowest BCUT2D eigenvalue weighted by atomic mass is 9.48. The van der Waals surface area contributed by atoms with E-state index in [2.05, 4.69) is 20.6 Å². The molecule has 0 aromatic carbocycles. The number of nitrogens with one attached hydrogen (secondary N) is 2. The maximum absolute atomic E-state index is 12.5. The molecule has 136 valence electrons. The number of carbonyl (C=O) groups excluding carboxylic acids is 2. The van der Waals surface area contributed by atoms with Gasteiger partial charge in [-0.15, -0.1) is 0 Å². The molecule has 0 saturated heterocycles. The zero-order valence-electron chi connectivity index (χ0n) is 15.5. The van der Waals surface area contributed by atoms with Crippen LogP contribution < -0.4 is 10.6 Å². The first kappa shape index (κ1) is 18.0. The number of pyridine rings is 2. The molecule has 0 bridgehead atoms. The fraction of sp³-hybridized carbons (Fsp3) is 0.400. The molecule has 2 aromatic rings. The molecule has 0 unspecified atom stereocenters. The van der Waals surface area contributed by atoms with Crippen LogP contribution in [0.2, 0.25) is 0 Å². The van der Waals surface area contributed by atoms with Crippen molar-refractivity contribution >= 4 is 11.8 Å². The Morgan fingerprint density at radius 3 is 1.46 bits per heavy atom. The lowest BCUT2D eigenvalue weighted by molar-refractivity contribution is -0.0809. The first-order chi connectivity index (χ1) is 12.2. The Bertz CT molecular complexity index is 722. The van der Waals surface area contributed by atoms with E-state index in [0.717, 1.165) is 0 Å². The third kappa shape index (κ3) is 3.07. The molecule has 2 N–H and O–H groups in total. The summed E-state index contributed by atoms with van der Waals surface area (Å²) >= 11 is 0. The molecular formula is C20H24N4O2. The van der Waals surface area contributed by atoms with E-state index in [9.17, 15) is 9.59 Å². The van der Waals surface area contributed by atoms with Gasteiger partial charge in [-0.05, 0) is 24.3 Å². The largest absolute Gasteiger partial charge is 0.347 e. The molecule has 1 saturated carbocycles. The molecule has 26 heavy (non-hydrogen) atoms. The van der Waals surface area contributed by atoms with Gasteiger partial charge in [0.25, 0.3) is 11.8 Å². The van der Waals surface area contributed by atoms with Crippen molar-refractivity contribution < 1.29 is 9.59 Å². The Morgan fingerprint density at radius 1 is 0.769 bits per heavy atom. The van der Waals surface area contributed by atoms with E-state index in [1.807, 2.05) is 27.7 Å². The van der Waals surface area contributed by atoms with E-state index in [4.69, 9.17) is 0 Å². The van der Waals surface area contributed by atoms with Crippen molar-refractivity contribution in [3.8, 4) is 0 Å². The molecule has 0 radical (unpaired) electrons. The minimum absolute atomic E-state index is 0.0986. The van der Waals surface area contributed by atoms with Gasteiger partial charge < -0.3 is 10.6 Å². The molecule has 1 aliphatic rings. The van der Waals surface area contributed by atoms with E-state index in [1.165, 1.54) is 0 Å². The quantitative estimate of drug-likeness (QED) is 0.885. The third-order valence-corrected chi connectivity index (χ3v) is 5.32. The van der Waals surface area contributed by atoms with E-state index in [0.29, 0.717) is 11.4 Å². The highest BCUT2D eigenvalue weighted by atomic mass is 16.2. The van der Waals surface area contributed by atoms with E-state index >= 15 is 0 Å². The summed E-state index contributed by atoms with van der Waals surface area (Å²) in [6, 6.07) is 10.3. The summed E-state index contributed by atoms with van der Waals surface area (Å²) in [5.74, 6) is -0.405. The predicted molar refractivity (Wildman–Crippen MR) is 98.5 cm³/mol. The summed E-state index contributed by atoms with van der Waals surface area (Å²) in [4.78, 5) is 33.2. The number of nitrogens with zero attached hydrogens (tertiary/aromatic N) is 2. The van der Waals surface area contributed by atoms with Crippen LogP contribution in [0.15, 0.2) is 48.8 Å². The zero-order valence-corrected chi connectivity index (χ0v) is 15.5. The number of aromatic nitrogens is 2. The average Bonchev–Trinajstić information content (AvgIpc) is 2.64. The molecular weight excluding hydrogens is 328 g/mol. The van der Waals surface area contributed by atoms with Crippen LogP contribution >= 0.6 is 0 Å². The predicted octanol–water partition coefficient (Wildman–Crippen LogP) is 2.44. The second-order valence-electron chi connectivity index (χ2n) is 7.89. The van der Waals surface area contributed by atoms with Gasteiger partial charge in [-0.25, -0.2) is 0 Å².